The van der Waals surface area contributed by atoms with Crippen LogP contribution in [-0.2, 0) is 41.9 Å². The molecule has 0 spiro atoms. The molecule has 182 valence electrons. The van der Waals surface area contributed by atoms with Gasteiger partial charge in [-0.15, -0.1) is 11.3 Å². The van der Waals surface area contributed by atoms with E-state index in [-0.39, 0.29) is 23.2 Å². The number of amides is 1. The average Bonchev–Trinajstić information content (AvgIpc) is 3.38. The van der Waals surface area contributed by atoms with E-state index >= 15 is 0 Å². The summed E-state index contributed by atoms with van der Waals surface area (Å²) >= 11 is 1.49. The Kier molecular flexibility index (Phi) is 7.01. The lowest BCUT2D eigenvalue weighted by molar-refractivity contribution is -0.122. The second kappa shape index (κ2) is 9.98. The summed E-state index contributed by atoms with van der Waals surface area (Å²) in [7, 11) is -1.35. The molecule has 0 unspecified atom stereocenters. The van der Waals surface area contributed by atoms with E-state index < -0.39 is 33.2 Å². The number of rotatable bonds is 8. The molecule has 0 aliphatic rings. The zero-order valence-electron chi connectivity index (χ0n) is 19.1. The molecule has 0 radical (unpaired) electrons. The third-order valence-corrected chi connectivity index (χ3v) is 8.01. The number of carbonyl (C=O) groups is 1. The zero-order valence-corrected chi connectivity index (χ0v) is 20.7. The number of hydrogen-bond acceptors (Lipinski definition) is 6. The van der Waals surface area contributed by atoms with E-state index in [4.69, 9.17) is 0 Å². The molecule has 1 atom stereocenters. The molecule has 2 aromatic heterocycles. The smallest absolute Gasteiger partial charge is 0.330 e. The maximum atomic E-state index is 13.3. The van der Waals surface area contributed by atoms with Gasteiger partial charge in [-0.2, -0.15) is 4.72 Å². The van der Waals surface area contributed by atoms with E-state index in [1.807, 2.05) is 47.8 Å². The molecule has 0 fully saturated rings. The maximum absolute atomic E-state index is 13.3. The molecule has 2 heterocycles. The summed E-state index contributed by atoms with van der Waals surface area (Å²) in [5.74, 6) is -0.468. The van der Waals surface area contributed by atoms with Gasteiger partial charge in [-0.3, -0.25) is 18.7 Å². The average molecular weight is 513 g/mol. The molecular weight excluding hydrogens is 488 g/mol. The van der Waals surface area contributed by atoms with Gasteiger partial charge in [0.15, 0.2) is 0 Å². The summed E-state index contributed by atoms with van der Waals surface area (Å²) in [6.45, 7) is 0.281. The van der Waals surface area contributed by atoms with Crippen LogP contribution in [0.25, 0.3) is 10.9 Å². The van der Waals surface area contributed by atoms with Gasteiger partial charge < -0.3 is 5.32 Å². The minimum absolute atomic E-state index is 0.0826. The van der Waals surface area contributed by atoms with Crippen LogP contribution in [0.5, 0.6) is 0 Å². The lowest BCUT2D eigenvalue weighted by atomic mass is 10.1. The number of aromatic nitrogens is 2. The quantitative estimate of drug-likeness (QED) is 0.371. The van der Waals surface area contributed by atoms with Crippen molar-refractivity contribution in [3.63, 3.8) is 0 Å². The maximum Gasteiger partial charge on any atom is 0.330 e. The monoisotopic (exact) mass is 512 g/mol. The summed E-state index contributed by atoms with van der Waals surface area (Å²) in [4.78, 5) is 38.6. The van der Waals surface area contributed by atoms with Crippen molar-refractivity contribution < 1.29 is 13.2 Å². The fraction of sp³-hybridized carbons (Fsp3) is 0.208. The molecule has 0 saturated heterocycles. The van der Waals surface area contributed by atoms with Gasteiger partial charge in [0.2, 0.25) is 15.9 Å². The van der Waals surface area contributed by atoms with Crippen LogP contribution in [0.2, 0.25) is 0 Å². The van der Waals surface area contributed by atoms with Crippen molar-refractivity contribution in [1.29, 1.82) is 0 Å². The van der Waals surface area contributed by atoms with Crippen LogP contribution in [0.3, 0.4) is 0 Å². The van der Waals surface area contributed by atoms with Crippen molar-refractivity contribution in [1.82, 2.24) is 19.2 Å². The van der Waals surface area contributed by atoms with Crippen LogP contribution < -0.4 is 21.3 Å². The highest BCUT2D eigenvalue weighted by atomic mass is 32.2. The third kappa shape index (κ3) is 5.26. The molecule has 4 rings (SSSR count). The number of hydrogen-bond donors (Lipinski definition) is 2. The van der Waals surface area contributed by atoms with Gasteiger partial charge >= 0.3 is 5.69 Å². The topological polar surface area (TPSA) is 119 Å². The predicted molar refractivity (Wildman–Crippen MR) is 135 cm³/mol. The zero-order chi connectivity index (χ0) is 25.2. The third-order valence-electron chi connectivity index (χ3n) is 5.66. The van der Waals surface area contributed by atoms with E-state index in [0.29, 0.717) is 5.52 Å². The molecule has 0 aliphatic carbocycles. The Labute approximate surface area is 205 Å². The number of nitrogens with zero attached hydrogens (tertiary/aromatic N) is 2. The van der Waals surface area contributed by atoms with E-state index in [1.165, 1.54) is 48.2 Å². The number of benzene rings is 2. The highest BCUT2D eigenvalue weighted by molar-refractivity contribution is 7.89. The predicted octanol–water partition coefficient (Wildman–Crippen LogP) is 1.50. The van der Waals surface area contributed by atoms with Crippen molar-refractivity contribution in [2.45, 2.75) is 23.9 Å². The first-order chi connectivity index (χ1) is 16.7. The fourth-order valence-electron chi connectivity index (χ4n) is 3.75. The van der Waals surface area contributed by atoms with Gasteiger partial charge in [-0.1, -0.05) is 36.4 Å². The molecule has 2 aromatic carbocycles. The standard InChI is InChI=1S/C24H24N4O5S2/c1-27-21-11-10-18(14-19(21)23(30)28(2)24(27)31)35(32,33)26-20(13-16-7-4-3-5-8-16)22(29)25-15-17-9-6-12-34-17/h3-12,14,20,26H,13,15H2,1-2H3,(H,25,29)/t20-/m1/s1. The summed E-state index contributed by atoms with van der Waals surface area (Å²) in [5.41, 5.74) is -0.0170. The molecule has 9 nitrogen and oxygen atoms in total. The molecule has 4 aromatic rings. The van der Waals surface area contributed by atoms with E-state index in [1.54, 1.807) is 0 Å². The Bertz CT molecular complexity index is 1590. The summed E-state index contributed by atoms with van der Waals surface area (Å²) < 4.78 is 31.3. The molecule has 11 heteroatoms. The van der Waals surface area contributed by atoms with Crippen LogP contribution in [0, 0.1) is 0 Å². The second-order valence-corrected chi connectivity index (χ2v) is 10.8. The Morgan fingerprint density at radius 2 is 1.74 bits per heavy atom. The van der Waals surface area contributed by atoms with Crippen LogP contribution in [0.15, 0.2) is 80.5 Å². The lowest BCUT2D eigenvalue weighted by Crippen LogP contribution is -2.47. The largest absolute Gasteiger partial charge is 0.350 e. The molecule has 1 amide bonds. The van der Waals surface area contributed by atoms with Crippen LogP contribution >= 0.6 is 11.3 Å². The van der Waals surface area contributed by atoms with Crippen molar-refractivity contribution in [2.75, 3.05) is 0 Å². The number of carbonyl (C=O) groups excluding carboxylic acids is 1. The highest BCUT2D eigenvalue weighted by Gasteiger charge is 2.27. The first-order valence-electron chi connectivity index (χ1n) is 10.7. The van der Waals surface area contributed by atoms with Gasteiger partial charge in [0, 0.05) is 19.0 Å². The Morgan fingerprint density at radius 3 is 2.43 bits per heavy atom. The fourth-order valence-corrected chi connectivity index (χ4v) is 5.61. The highest BCUT2D eigenvalue weighted by Crippen LogP contribution is 2.17. The first kappa shape index (κ1) is 24.6. The van der Waals surface area contributed by atoms with E-state index in [2.05, 4.69) is 10.0 Å². The van der Waals surface area contributed by atoms with Gasteiger partial charge in [-0.05, 0) is 41.6 Å². The first-order valence-corrected chi connectivity index (χ1v) is 13.1. The van der Waals surface area contributed by atoms with Gasteiger partial charge in [0.25, 0.3) is 5.56 Å². The number of nitrogens with one attached hydrogen (secondary N) is 2. The van der Waals surface area contributed by atoms with Crippen molar-refractivity contribution in [2.24, 2.45) is 14.1 Å². The summed E-state index contributed by atoms with van der Waals surface area (Å²) in [5, 5.41) is 4.77. The minimum Gasteiger partial charge on any atom is -0.350 e. The summed E-state index contributed by atoms with van der Waals surface area (Å²) in [6, 6.07) is 15.7. The minimum atomic E-state index is -4.18. The summed E-state index contributed by atoms with van der Waals surface area (Å²) in [6.07, 6.45) is 0.139. The van der Waals surface area contributed by atoms with Gasteiger partial charge in [-0.25, -0.2) is 13.2 Å². The Balaban J connectivity index is 1.66. The normalized spacial score (nSPS) is 12.5. The molecule has 0 saturated carbocycles. The van der Waals surface area contributed by atoms with Crippen molar-refractivity contribution >= 4 is 38.2 Å². The molecular formula is C24H24N4O5S2. The number of aryl methyl sites for hydroxylation is 1. The number of fused-ring (bicyclic) bond motifs is 1. The molecule has 2 N–H and O–H groups in total. The van der Waals surface area contributed by atoms with E-state index in [9.17, 15) is 22.8 Å². The van der Waals surface area contributed by atoms with Gasteiger partial charge in [0.1, 0.15) is 6.04 Å². The van der Waals surface area contributed by atoms with Crippen molar-refractivity contribution in [3.05, 3.63) is 97.3 Å². The van der Waals surface area contributed by atoms with Crippen LogP contribution in [0.4, 0.5) is 0 Å². The lowest BCUT2D eigenvalue weighted by Gasteiger charge is -2.19. The molecule has 0 aliphatic heterocycles. The Morgan fingerprint density at radius 1 is 1.00 bits per heavy atom. The SMILES string of the molecule is Cn1c(=O)c2cc(S(=O)(=O)N[C@H](Cc3ccccc3)C(=O)NCc3cccs3)ccc2n(C)c1=O. The van der Waals surface area contributed by atoms with Crippen LogP contribution in [-0.4, -0.2) is 29.5 Å². The van der Waals surface area contributed by atoms with Crippen molar-refractivity contribution in [3.8, 4) is 0 Å². The van der Waals surface area contributed by atoms with E-state index in [0.717, 1.165) is 15.0 Å². The number of thiophene rings is 1. The Hall–Kier alpha value is -3.54. The number of sulfonamides is 1. The second-order valence-electron chi connectivity index (χ2n) is 8.05. The molecule has 0 bridgehead atoms. The van der Waals surface area contributed by atoms with Gasteiger partial charge in [0.05, 0.1) is 22.3 Å². The van der Waals surface area contributed by atoms with Crippen LogP contribution in [0.1, 0.15) is 10.4 Å². The molecule has 35 heavy (non-hydrogen) atoms.